The van der Waals surface area contributed by atoms with Crippen molar-refractivity contribution in [3.05, 3.63) is 28.8 Å². The fourth-order valence-corrected chi connectivity index (χ4v) is 5.24. The minimum atomic E-state index is -3.65. The molecule has 1 heterocycles. The van der Waals surface area contributed by atoms with Crippen LogP contribution in [0.3, 0.4) is 0 Å². The van der Waals surface area contributed by atoms with Gasteiger partial charge in [-0.25, -0.2) is 8.42 Å². The number of sulfonamides is 1. The highest BCUT2D eigenvalue weighted by molar-refractivity contribution is 7.89. The van der Waals surface area contributed by atoms with Crippen molar-refractivity contribution >= 4 is 27.5 Å². The summed E-state index contributed by atoms with van der Waals surface area (Å²) >= 11 is 6.21. The van der Waals surface area contributed by atoms with Gasteiger partial charge in [0.1, 0.15) is 0 Å². The van der Waals surface area contributed by atoms with E-state index in [0.29, 0.717) is 19.6 Å². The number of benzene rings is 1. The van der Waals surface area contributed by atoms with Crippen LogP contribution in [0, 0.1) is 0 Å². The van der Waals surface area contributed by atoms with Gasteiger partial charge in [0, 0.05) is 25.2 Å². The first kappa shape index (κ1) is 23.1. The van der Waals surface area contributed by atoms with Gasteiger partial charge in [0.15, 0.2) is 0 Å². The van der Waals surface area contributed by atoms with Crippen molar-refractivity contribution in [1.29, 1.82) is 0 Å². The Morgan fingerprint density at radius 2 is 1.79 bits per heavy atom. The van der Waals surface area contributed by atoms with Crippen LogP contribution in [-0.4, -0.2) is 61.8 Å². The van der Waals surface area contributed by atoms with Gasteiger partial charge in [-0.2, -0.15) is 4.31 Å². The van der Waals surface area contributed by atoms with Crippen molar-refractivity contribution in [2.24, 2.45) is 0 Å². The molecule has 1 aliphatic heterocycles. The second-order valence-electron chi connectivity index (χ2n) is 7.77. The summed E-state index contributed by atoms with van der Waals surface area (Å²) in [7, 11) is -3.65. The molecule has 0 aliphatic carbocycles. The maximum atomic E-state index is 12.8. The van der Waals surface area contributed by atoms with Crippen molar-refractivity contribution in [2.75, 3.05) is 32.7 Å². The van der Waals surface area contributed by atoms with Crippen LogP contribution in [0.2, 0.25) is 5.02 Å². The second kappa shape index (κ2) is 9.57. The molecule has 1 fully saturated rings. The summed E-state index contributed by atoms with van der Waals surface area (Å²) in [6, 6.07) is 4.30. The van der Waals surface area contributed by atoms with E-state index in [4.69, 9.17) is 11.6 Å². The number of hydrogen-bond donors (Lipinski definition) is 1. The number of likely N-dealkylation sites (tertiary alicyclic amines) is 1. The van der Waals surface area contributed by atoms with E-state index in [9.17, 15) is 13.2 Å². The van der Waals surface area contributed by atoms with E-state index in [-0.39, 0.29) is 26.9 Å². The van der Waals surface area contributed by atoms with E-state index in [1.165, 1.54) is 41.8 Å². The lowest BCUT2D eigenvalue weighted by atomic mass is 9.98. The van der Waals surface area contributed by atoms with Crippen LogP contribution in [-0.2, 0) is 10.0 Å². The zero-order valence-corrected chi connectivity index (χ0v) is 18.9. The Morgan fingerprint density at radius 3 is 2.36 bits per heavy atom. The number of nitrogens with one attached hydrogen (secondary N) is 1. The van der Waals surface area contributed by atoms with Gasteiger partial charge in [-0.05, 0) is 58.0 Å². The average Bonchev–Trinajstić information content (AvgIpc) is 2.68. The van der Waals surface area contributed by atoms with Gasteiger partial charge < -0.3 is 5.32 Å². The van der Waals surface area contributed by atoms with E-state index in [2.05, 4.69) is 24.1 Å². The van der Waals surface area contributed by atoms with E-state index < -0.39 is 10.0 Å². The Morgan fingerprint density at radius 1 is 1.18 bits per heavy atom. The number of halogens is 1. The third-order valence-corrected chi connectivity index (χ3v) is 7.79. The molecule has 0 bridgehead atoms. The number of carbonyl (C=O) groups excluding carboxylic acids is 1. The molecule has 8 heteroatoms. The van der Waals surface area contributed by atoms with Gasteiger partial charge in [-0.15, -0.1) is 0 Å². The first-order valence-electron chi connectivity index (χ1n) is 9.96. The summed E-state index contributed by atoms with van der Waals surface area (Å²) in [5.74, 6) is -0.355. The van der Waals surface area contributed by atoms with Crippen LogP contribution >= 0.6 is 11.6 Å². The molecule has 0 unspecified atom stereocenters. The van der Waals surface area contributed by atoms with Gasteiger partial charge >= 0.3 is 0 Å². The molecule has 158 valence electrons. The molecule has 0 atom stereocenters. The highest BCUT2D eigenvalue weighted by Gasteiger charge is 2.29. The largest absolute Gasteiger partial charge is 0.350 e. The number of carbonyl (C=O) groups is 1. The molecule has 0 spiro atoms. The van der Waals surface area contributed by atoms with E-state index in [1.807, 2.05) is 0 Å². The maximum absolute atomic E-state index is 12.8. The minimum absolute atomic E-state index is 0.0843. The van der Waals surface area contributed by atoms with Gasteiger partial charge in [-0.3, -0.25) is 9.69 Å². The topological polar surface area (TPSA) is 69.7 Å². The van der Waals surface area contributed by atoms with Gasteiger partial charge in [0.25, 0.3) is 5.91 Å². The lowest BCUT2D eigenvalue weighted by Gasteiger charge is -2.41. The SMILES string of the molecule is CCN(CC)S(=O)(=O)c1ccc(Cl)c(C(=O)NCC(C)(C)N2CCCCC2)c1. The molecular formula is C20H32ClN3O3S. The Bertz CT molecular complexity index is 786. The highest BCUT2D eigenvalue weighted by Crippen LogP contribution is 2.24. The molecule has 28 heavy (non-hydrogen) atoms. The van der Waals surface area contributed by atoms with E-state index in [1.54, 1.807) is 13.8 Å². The number of rotatable bonds is 8. The number of piperidine rings is 1. The zero-order valence-electron chi connectivity index (χ0n) is 17.3. The molecule has 1 N–H and O–H groups in total. The van der Waals surface area contributed by atoms with E-state index >= 15 is 0 Å². The van der Waals surface area contributed by atoms with Crippen LogP contribution in [0.1, 0.15) is 57.3 Å². The third kappa shape index (κ3) is 5.26. The smallest absolute Gasteiger partial charge is 0.252 e. The lowest BCUT2D eigenvalue weighted by Crippen LogP contribution is -2.53. The first-order chi connectivity index (χ1) is 13.1. The molecule has 0 saturated carbocycles. The number of amides is 1. The van der Waals surface area contributed by atoms with Crippen molar-refractivity contribution in [3.63, 3.8) is 0 Å². The maximum Gasteiger partial charge on any atom is 0.252 e. The van der Waals surface area contributed by atoms with Crippen molar-refractivity contribution in [1.82, 2.24) is 14.5 Å². The quantitative estimate of drug-likeness (QED) is 0.687. The Kier molecular flexibility index (Phi) is 7.90. The highest BCUT2D eigenvalue weighted by atomic mass is 35.5. The Hall–Kier alpha value is -1.15. The standard InChI is InChI=1S/C20H32ClN3O3S/c1-5-24(6-2)28(26,27)16-10-11-18(21)17(14-16)19(25)22-15-20(3,4)23-12-8-7-9-13-23/h10-11,14H,5-9,12-13,15H2,1-4H3,(H,22,25). The van der Waals surface area contributed by atoms with Crippen LogP contribution in [0.25, 0.3) is 0 Å². The van der Waals surface area contributed by atoms with Crippen molar-refractivity contribution < 1.29 is 13.2 Å². The molecule has 1 aromatic carbocycles. The second-order valence-corrected chi connectivity index (χ2v) is 10.1. The molecule has 1 aromatic rings. The predicted molar refractivity (Wildman–Crippen MR) is 113 cm³/mol. The zero-order chi connectivity index (χ0) is 20.9. The van der Waals surface area contributed by atoms with E-state index in [0.717, 1.165) is 13.1 Å². The number of hydrogen-bond acceptors (Lipinski definition) is 4. The van der Waals surface area contributed by atoms with Crippen LogP contribution in [0.5, 0.6) is 0 Å². The van der Waals surface area contributed by atoms with Crippen molar-refractivity contribution in [3.8, 4) is 0 Å². The fraction of sp³-hybridized carbons (Fsp3) is 0.650. The number of nitrogens with zero attached hydrogens (tertiary/aromatic N) is 2. The van der Waals surface area contributed by atoms with Gasteiger partial charge in [0.2, 0.25) is 10.0 Å². The monoisotopic (exact) mass is 429 g/mol. The van der Waals surface area contributed by atoms with Gasteiger partial charge in [0.05, 0.1) is 15.5 Å². The summed E-state index contributed by atoms with van der Waals surface area (Å²) in [5.41, 5.74) is 0.0114. The first-order valence-corrected chi connectivity index (χ1v) is 11.8. The van der Waals surface area contributed by atoms with Gasteiger partial charge in [-0.1, -0.05) is 31.9 Å². The average molecular weight is 430 g/mol. The molecular weight excluding hydrogens is 398 g/mol. The Balaban J connectivity index is 2.17. The van der Waals surface area contributed by atoms with Crippen LogP contribution in [0.4, 0.5) is 0 Å². The summed E-state index contributed by atoms with van der Waals surface area (Å²) in [4.78, 5) is 15.2. The molecule has 0 radical (unpaired) electrons. The molecule has 2 rings (SSSR count). The van der Waals surface area contributed by atoms with Crippen LogP contribution < -0.4 is 5.32 Å². The summed E-state index contributed by atoms with van der Waals surface area (Å²) in [6.07, 6.45) is 3.60. The summed E-state index contributed by atoms with van der Waals surface area (Å²) in [6.45, 7) is 11.1. The summed E-state index contributed by atoms with van der Waals surface area (Å²) in [5, 5.41) is 3.18. The third-order valence-electron chi connectivity index (χ3n) is 5.42. The fourth-order valence-electron chi connectivity index (χ4n) is 3.55. The normalized spacial score (nSPS) is 16.4. The molecule has 1 amide bonds. The Labute approximate surface area is 174 Å². The summed E-state index contributed by atoms with van der Waals surface area (Å²) < 4.78 is 26.9. The lowest BCUT2D eigenvalue weighted by molar-refractivity contribution is 0.0797. The van der Waals surface area contributed by atoms with Crippen molar-refractivity contribution in [2.45, 2.75) is 57.4 Å². The molecule has 6 nitrogen and oxygen atoms in total. The molecule has 0 aromatic heterocycles. The predicted octanol–water partition coefficient (Wildman–Crippen LogP) is 3.36. The molecule has 1 saturated heterocycles. The minimum Gasteiger partial charge on any atom is -0.350 e. The van der Waals surface area contributed by atoms with Crippen LogP contribution in [0.15, 0.2) is 23.1 Å². The molecule has 1 aliphatic rings.